The Hall–Kier alpha value is -1.11. The normalized spacial score (nSPS) is 14.3. The van der Waals surface area contributed by atoms with Crippen molar-refractivity contribution < 1.29 is 0 Å². The van der Waals surface area contributed by atoms with Gasteiger partial charge in [0, 0.05) is 34.1 Å². The first kappa shape index (κ1) is 19.8. The van der Waals surface area contributed by atoms with Gasteiger partial charge in [-0.1, -0.05) is 0 Å². The molecular weight excluding hydrogens is 449 g/mol. The molecule has 0 spiro atoms. The van der Waals surface area contributed by atoms with Crippen molar-refractivity contribution in [3.63, 3.8) is 0 Å². The Kier molecular flexibility index (Phi) is 5.37. The van der Waals surface area contributed by atoms with E-state index in [1.165, 1.54) is 64.5 Å². The van der Waals surface area contributed by atoms with Gasteiger partial charge in [-0.25, -0.2) is 0 Å². The predicted octanol–water partition coefficient (Wildman–Crippen LogP) is 9.58. The van der Waals surface area contributed by atoms with Gasteiger partial charge in [0.2, 0.25) is 0 Å². The van der Waals surface area contributed by atoms with E-state index in [1.807, 2.05) is 34.0 Å². The van der Waals surface area contributed by atoms with E-state index in [0.717, 1.165) is 4.21 Å². The van der Waals surface area contributed by atoms with E-state index in [-0.39, 0.29) is 0 Å². The van der Waals surface area contributed by atoms with Gasteiger partial charge >= 0.3 is 0 Å². The quantitative estimate of drug-likeness (QED) is 0.282. The second-order valence-corrected chi connectivity index (χ2v) is 13.2. The van der Waals surface area contributed by atoms with E-state index in [1.54, 1.807) is 22.5 Å². The van der Waals surface area contributed by atoms with E-state index >= 15 is 0 Å². The molecule has 1 aliphatic carbocycles. The summed E-state index contributed by atoms with van der Waals surface area (Å²) in [6, 6.07) is 13.7. The highest BCUT2D eigenvalue weighted by molar-refractivity contribution is 7.83. The van der Waals surface area contributed by atoms with Gasteiger partial charge in [0.1, 0.15) is 0 Å². The van der Waals surface area contributed by atoms with Gasteiger partial charge in [0.25, 0.3) is 0 Å². The van der Waals surface area contributed by atoms with Crippen LogP contribution in [0.15, 0.2) is 40.6 Å². The maximum absolute atomic E-state index is 4.50. The third kappa shape index (κ3) is 3.72. The lowest BCUT2D eigenvalue weighted by atomic mass is 9.97. The predicted molar refractivity (Wildman–Crippen MR) is 137 cm³/mol. The van der Waals surface area contributed by atoms with Crippen molar-refractivity contribution in [3.8, 4) is 19.5 Å². The number of thiol groups is 1. The molecule has 0 fully saturated rings. The van der Waals surface area contributed by atoms with Gasteiger partial charge in [0.05, 0.1) is 4.21 Å². The van der Waals surface area contributed by atoms with Crippen molar-refractivity contribution in [1.29, 1.82) is 0 Å². The molecule has 0 saturated heterocycles. The number of hydrogen-bond donors (Lipinski definition) is 1. The first-order chi connectivity index (χ1) is 14.0. The highest BCUT2D eigenvalue weighted by Gasteiger charge is 2.23. The van der Waals surface area contributed by atoms with E-state index in [9.17, 15) is 0 Å². The third-order valence-corrected chi connectivity index (χ3v) is 10.3. The van der Waals surface area contributed by atoms with Crippen LogP contribution >= 0.6 is 58.0 Å². The number of thiophene rings is 4. The van der Waals surface area contributed by atoms with Crippen LogP contribution in [0.1, 0.15) is 45.0 Å². The van der Waals surface area contributed by atoms with Crippen LogP contribution in [-0.4, -0.2) is 0 Å². The fraction of sp³-hybridized carbons (Fsp3) is 0.250. The summed E-state index contributed by atoms with van der Waals surface area (Å²) in [5.41, 5.74) is 6.09. The minimum absolute atomic E-state index is 1.08. The molecule has 5 heteroatoms. The number of rotatable bonds is 4. The Balaban J connectivity index is 1.57. The zero-order valence-electron chi connectivity index (χ0n) is 16.7. The molecule has 0 amide bonds. The standard InChI is InChI=1S/C24H22S5/c1-13-7-8-20(26-13)22-11-18(14(2)27-22)16-5-4-6-17(16)19-12-23(28-15(19)3)21-9-10-24(25)29-21/h7-12,25H,4-6H2,1-3H3. The molecule has 4 aromatic heterocycles. The van der Waals surface area contributed by atoms with Crippen LogP contribution < -0.4 is 0 Å². The molecule has 0 radical (unpaired) electrons. The number of aryl methyl sites for hydroxylation is 3. The molecule has 1 aliphatic rings. The van der Waals surface area contributed by atoms with E-state index < -0.39 is 0 Å². The summed E-state index contributed by atoms with van der Waals surface area (Å²) < 4.78 is 1.08. The van der Waals surface area contributed by atoms with Gasteiger partial charge in [-0.15, -0.1) is 58.0 Å². The fourth-order valence-electron chi connectivity index (χ4n) is 4.17. The molecule has 0 N–H and O–H groups in total. The van der Waals surface area contributed by atoms with Crippen molar-refractivity contribution in [2.45, 2.75) is 44.2 Å². The zero-order valence-corrected chi connectivity index (χ0v) is 20.8. The third-order valence-electron chi connectivity index (χ3n) is 5.52. The lowest BCUT2D eigenvalue weighted by Gasteiger charge is -2.07. The summed E-state index contributed by atoms with van der Waals surface area (Å²) in [5.74, 6) is 0. The minimum atomic E-state index is 1.08. The topological polar surface area (TPSA) is 0 Å². The Morgan fingerprint density at radius 2 is 1.21 bits per heavy atom. The SMILES string of the molecule is Cc1ccc(-c2cc(C3=C(c4cc(-c5ccc(S)s5)sc4C)CCC3)c(C)s2)s1. The molecule has 0 atom stereocenters. The molecule has 4 aromatic rings. The lowest BCUT2D eigenvalue weighted by Crippen LogP contribution is -1.86. The molecule has 0 unspecified atom stereocenters. The molecule has 0 bridgehead atoms. The summed E-state index contributed by atoms with van der Waals surface area (Å²) in [6.07, 6.45) is 3.65. The number of allylic oxidation sites excluding steroid dienone is 2. The summed E-state index contributed by atoms with van der Waals surface area (Å²) in [5, 5.41) is 0. The smallest absolute Gasteiger partial charge is 0.0574 e. The molecule has 5 rings (SSSR count). The molecule has 148 valence electrons. The lowest BCUT2D eigenvalue weighted by molar-refractivity contribution is 0.941. The van der Waals surface area contributed by atoms with Crippen LogP contribution in [0, 0.1) is 20.8 Å². The van der Waals surface area contributed by atoms with Gasteiger partial charge < -0.3 is 0 Å². The highest BCUT2D eigenvalue weighted by atomic mass is 32.2. The monoisotopic (exact) mass is 470 g/mol. The molecule has 29 heavy (non-hydrogen) atoms. The van der Waals surface area contributed by atoms with Crippen molar-refractivity contribution in [3.05, 3.63) is 62.2 Å². The first-order valence-electron chi connectivity index (χ1n) is 9.79. The Morgan fingerprint density at radius 3 is 1.69 bits per heavy atom. The van der Waals surface area contributed by atoms with Crippen LogP contribution in [0.3, 0.4) is 0 Å². The highest BCUT2D eigenvalue weighted by Crippen LogP contribution is 2.48. The molecule has 0 nitrogen and oxygen atoms in total. The fourth-order valence-corrected chi connectivity index (χ4v) is 8.41. The van der Waals surface area contributed by atoms with Gasteiger partial charge in [-0.05, 0) is 98.7 Å². The van der Waals surface area contributed by atoms with E-state index in [2.05, 4.69) is 69.8 Å². The average molecular weight is 471 g/mol. The van der Waals surface area contributed by atoms with Crippen LogP contribution in [0.4, 0.5) is 0 Å². The maximum Gasteiger partial charge on any atom is 0.0574 e. The molecule has 0 aliphatic heterocycles. The zero-order chi connectivity index (χ0) is 20.1. The second kappa shape index (κ2) is 7.86. The average Bonchev–Trinajstić information content (AvgIpc) is 3.46. The Morgan fingerprint density at radius 1 is 0.655 bits per heavy atom. The molecule has 4 heterocycles. The van der Waals surface area contributed by atoms with Crippen molar-refractivity contribution in [1.82, 2.24) is 0 Å². The van der Waals surface area contributed by atoms with Crippen molar-refractivity contribution in [2.75, 3.05) is 0 Å². The summed E-state index contributed by atoms with van der Waals surface area (Å²) in [4.78, 5) is 9.79. The largest absolute Gasteiger partial charge is 0.140 e. The summed E-state index contributed by atoms with van der Waals surface area (Å²) >= 11 is 12.0. The second-order valence-electron chi connectivity index (χ2n) is 7.52. The summed E-state index contributed by atoms with van der Waals surface area (Å²) in [6.45, 7) is 6.76. The van der Waals surface area contributed by atoms with Crippen LogP contribution in [0.25, 0.3) is 30.7 Å². The molecular formula is C24H22S5. The Bertz CT molecular complexity index is 1130. The Labute approximate surface area is 194 Å². The maximum atomic E-state index is 4.50. The van der Waals surface area contributed by atoms with Gasteiger partial charge in [-0.2, -0.15) is 0 Å². The van der Waals surface area contributed by atoms with Gasteiger partial charge in [0.15, 0.2) is 0 Å². The van der Waals surface area contributed by atoms with E-state index in [0.29, 0.717) is 0 Å². The van der Waals surface area contributed by atoms with Crippen LogP contribution in [0.5, 0.6) is 0 Å². The van der Waals surface area contributed by atoms with Crippen molar-refractivity contribution in [2.24, 2.45) is 0 Å². The number of hydrogen-bond acceptors (Lipinski definition) is 5. The minimum Gasteiger partial charge on any atom is -0.140 e. The van der Waals surface area contributed by atoms with Crippen molar-refractivity contribution >= 4 is 69.1 Å². The van der Waals surface area contributed by atoms with Crippen LogP contribution in [0.2, 0.25) is 0 Å². The van der Waals surface area contributed by atoms with Crippen LogP contribution in [-0.2, 0) is 0 Å². The molecule has 0 saturated carbocycles. The molecule has 0 aromatic carbocycles. The van der Waals surface area contributed by atoms with Gasteiger partial charge in [-0.3, -0.25) is 0 Å². The van der Waals surface area contributed by atoms with E-state index in [4.69, 9.17) is 0 Å². The first-order valence-corrected chi connectivity index (χ1v) is 13.5. The summed E-state index contributed by atoms with van der Waals surface area (Å²) in [7, 11) is 0.